The molecule has 1 aromatic heterocycles. The largest absolute Gasteiger partial charge is 0.468 e. The zero-order chi connectivity index (χ0) is 14.4. The normalized spacial score (nSPS) is 18.0. The van der Waals surface area contributed by atoms with Crippen molar-refractivity contribution in [2.75, 3.05) is 26.3 Å². The third-order valence-electron chi connectivity index (χ3n) is 3.53. The number of aliphatic hydroxyl groups is 1. The van der Waals surface area contributed by atoms with Gasteiger partial charge in [0.1, 0.15) is 5.76 Å². The third-order valence-corrected chi connectivity index (χ3v) is 3.53. The SMILES string of the molecule is CCOC(=O)N1CCC(N[C@@H](CO)c2ccco2)CC1. The van der Waals surface area contributed by atoms with Gasteiger partial charge in [0, 0.05) is 19.1 Å². The van der Waals surface area contributed by atoms with E-state index < -0.39 is 0 Å². The van der Waals surface area contributed by atoms with Crippen LogP contribution < -0.4 is 5.32 Å². The molecule has 0 spiro atoms. The Morgan fingerprint density at radius 1 is 1.60 bits per heavy atom. The van der Waals surface area contributed by atoms with Crippen LogP contribution in [0.15, 0.2) is 22.8 Å². The van der Waals surface area contributed by atoms with Crippen LogP contribution in [0.5, 0.6) is 0 Å². The molecular weight excluding hydrogens is 260 g/mol. The highest BCUT2D eigenvalue weighted by Gasteiger charge is 2.26. The van der Waals surface area contributed by atoms with Crippen molar-refractivity contribution in [3.8, 4) is 0 Å². The molecule has 1 amide bonds. The lowest BCUT2D eigenvalue weighted by atomic mass is 10.0. The Hall–Kier alpha value is -1.53. The van der Waals surface area contributed by atoms with Crippen molar-refractivity contribution in [2.24, 2.45) is 0 Å². The first-order valence-corrected chi connectivity index (χ1v) is 7.06. The smallest absolute Gasteiger partial charge is 0.409 e. The first-order valence-electron chi connectivity index (χ1n) is 7.06. The van der Waals surface area contributed by atoms with Crippen LogP contribution in [0.4, 0.5) is 4.79 Å². The minimum atomic E-state index is -0.240. The second-order valence-electron chi connectivity index (χ2n) is 4.88. The summed E-state index contributed by atoms with van der Waals surface area (Å²) in [5.41, 5.74) is 0. The quantitative estimate of drug-likeness (QED) is 0.856. The highest BCUT2D eigenvalue weighted by atomic mass is 16.6. The second kappa shape index (κ2) is 7.31. The summed E-state index contributed by atoms with van der Waals surface area (Å²) in [5.74, 6) is 0.736. The van der Waals surface area contributed by atoms with Crippen LogP contribution in [-0.4, -0.2) is 48.4 Å². The van der Waals surface area contributed by atoms with Gasteiger partial charge in [-0.3, -0.25) is 0 Å². The summed E-state index contributed by atoms with van der Waals surface area (Å²) in [6, 6.07) is 3.73. The number of amides is 1. The highest BCUT2D eigenvalue weighted by Crippen LogP contribution is 2.18. The van der Waals surface area contributed by atoms with Gasteiger partial charge in [0.25, 0.3) is 0 Å². The Kier molecular flexibility index (Phi) is 5.43. The van der Waals surface area contributed by atoms with Crippen LogP contribution in [0.2, 0.25) is 0 Å². The number of carbonyl (C=O) groups excluding carboxylic acids is 1. The van der Waals surface area contributed by atoms with E-state index in [0.717, 1.165) is 18.6 Å². The van der Waals surface area contributed by atoms with E-state index in [9.17, 15) is 9.90 Å². The Labute approximate surface area is 118 Å². The summed E-state index contributed by atoms with van der Waals surface area (Å²) in [5, 5.41) is 12.8. The molecule has 1 aliphatic rings. The number of rotatable bonds is 5. The monoisotopic (exact) mass is 282 g/mol. The van der Waals surface area contributed by atoms with Gasteiger partial charge in [-0.25, -0.2) is 4.79 Å². The number of furan rings is 1. The molecule has 0 unspecified atom stereocenters. The summed E-state index contributed by atoms with van der Waals surface area (Å²) in [6.45, 7) is 3.55. The molecule has 6 nitrogen and oxygen atoms in total. The third kappa shape index (κ3) is 3.74. The zero-order valence-corrected chi connectivity index (χ0v) is 11.7. The second-order valence-corrected chi connectivity index (χ2v) is 4.88. The Morgan fingerprint density at radius 3 is 2.90 bits per heavy atom. The van der Waals surface area contributed by atoms with Gasteiger partial charge in [-0.2, -0.15) is 0 Å². The average Bonchev–Trinajstić information content (AvgIpc) is 2.99. The maximum Gasteiger partial charge on any atom is 0.409 e. The molecule has 20 heavy (non-hydrogen) atoms. The number of carbonyl (C=O) groups is 1. The molecule has 112 valence electrons. The van der Waals surface area contributed by atoms with E-state index in [2.05, 4.69) is 5.32 Å². The van der Waals surface area contributed by atoms with Crippen molar-refractivity contribution in [1.29, 1.82) is 0 Å². The van der Waals surface area contributed by atoms with E-state index in [1.54, 1.807) is 18.1 Å². The molecule has 0 aliphatic carbocycles. The Bertz CT molecular complexity index is 399. The Balaban J connectivity index is 1.80. The fourth-order valence-corrected chi connectivity index (χ4v) is 2.44. The van der Waals surface area contributed by atoms with Crippen molar-refractivity contribution in [1.82, 2.24) is 10.2 Å². The van der Waals surface area contributed by atoms with Crippen molar-refractivity contribution in [2.45, 2.75) is 31.8 Å². The summed E-state index contributed by atoms with van der Waals surface area (Å²) in [6.07, 6.45) is 3.05. The minimum absolute atomic E-state index is 0.00833. The lowest BCUT2D eigenvalue weighted by Gasteiger charge is -2.33. The topological polar surface area (TPSA) is 74.9 Å². The van der Waals surface area contributed by atoms with Gasteiger partial charge in [-0.1, -0.05) is 0 Å². The van der Waals surface area contributed by atoms with Crippen LogP contribution in [0.1, 0.15) is 31.6 Å². The molecule has 1 aromatic rings. The average molecular weight is 282 g/mol. The van der Waals surface area contributed by atoms with E-state index >= 15 is 0 Å². The number of likely N-dealkylation sites (tertiary alicyclic amines) is 1. The standard InChI is InChI=1S/C14H22N2O4/c1-2-19-14(18)16-7-5-11(6-8-16)15-12(10-17)13-4-3-9-20-13/h3-4,9,11-12,15,17H,2,5-8,10H2,1H3/t12-/m0/s1. The van der Waals surface area contributed by atoms with E-state index in [1.165, 1.54) is 0 Å². The molecule has 1 saturated heterocycles. The molecule has 2 heterocycles. The van der Waals surface area contributed by atoms with Crippen molar-refractivity contribution < 1.29 is 19.1 Å². The molecule has 2 rings (SSSR count). The summed E-state index contributed by atoms with van der Waals surface area (Å²) in [4.78, 5) is 13.3. The van der Waals surface area contributed by atoms with Crippen molar-refractivity contribution in [3.63, 3.8) is 0 Å². The van der Waals surface area contributed by atoms with E-state index in [1.807, 2.05) is 12.1 Å². The predicted molar refractivity (Wildman–Crippen MR) is 73.3 cm³/mol. The molecule has 0 saturated carbocycles. The molecule has 0 bridgehead atoms. The molecular formula is C14H22N2O4. The van der Waals surface area contributed by atoms with Gasteiger partial charge in [0.05, 0.1) is 25.5 Å². The molecule has 0 aromatic carbocycles. The van der Waals surface area contributed by atoms with Gasteiger partial charge in [-0.05, 0) is 31.9 Å². The molecule has 1 fully saturated rings. The fraction of sp³-hybridized carbons (Fsp3) is 0.643. The number of aliphatic hydroxyl groups excluding tert-OH is 1. The summed E-state index contributed by atoms with van der Waals surface area (Å²) < 4.78 is 10.3. The number of hydrogen-bond donors (Lipinski definition) is 2. The summed E-state index contributed by atoms with van der Waals surface area (Å²) >= 11 is 0. The fourth-order valence-electron chi connectivity index (χ4n) is 2.44. The van der Waals surface area contributed by atoms with Crippen LogP contribution in [0.25, 0.3) is 0 Å². The highest BCUT2D eigenvalue weighted by molar-refractivity contribution is 5.67. The molecule has 6 heteroatoms. The van der Waals surface area contributed by atoms with Crippen molar-refractivity contribution in [3.05, 3.63) is 24.2 Å². The van der Waals surface area contributed by atoms with Gasteiger partial charge in [-0.15, -0.1) is 0 Å². The van der Waals surface area contributed by atoms with Crippen LogP contribution >= 0.6 is 0 Å². The molecule has 1 atom stereocenters. The molecule has 1 aliphatic heterocycles. The number of ether oxygens (including phenoxy) is 1. The first kappa shape index (κ1) is 14.9. The maximum atomic E-state index is 11.6. The molecule has 0 radical (unpaired) electrons. The number of hydrogen-bond acceptors (Lipinski definition) is 5. The van der Waals surface area contributed by atoms with E-state index in [4.69, 9.17) is 9.15 Å². The van der Waals surface area contributed by atoms with E-state index in [-0.39, 0.29) is 24.8 Å². The van der Waals surface area contributed by atoms with Gasteiger partial charge in [0.2, 0.25) is 0 Å². The lowest BCUT2D eigenvalue weighted by Crippen LogP contribution is -2.46. The van der Waals surface area contributed by atoms with E-state index in [0.29, 0.717) is 19.7 Å². The number of nitrogens with zero attached hydrogens (tertiary/aromatic N) is 1. The number of piperidine rings is 1. The van der Waals surface area contributed by atoms with Crippen molar-refractivity contribution >= 4 is 6.09 Å². The van der Waals surface area contributed by atoms with Crippen LogP contribution in [0.3, 0.4) is 0 Å². The zero-order valence-electron chi connectivity index (χ0n) is 11.7. The first-order chi connectivity index (χ1) is 9.74. The number of nitrogens with one attached hydrogen (secondary N) is 1. The van der Waals surface area contributed by atoms with Gasteiger partial charge in [0.15, 0.2) is 0 Å². The maximum absolute atomic E-state index is 11.6. The van der Waals surface area contributed by atoms with Gasteiger partial charge < -0.3 is 24.5 Å². The predicted octanol–water partition coefficient (Wildman–Crippen LogP) is 1.52. The summed E-state index contributed by atoms with van der Waals surface area (Å²) in [7, 11) is 0. The molecule has 2 N–H and O–H groups in total. The minimum Gasteiger partial charge on any atom is -0.468 e. The van der Waals surface area contributed by atoms with Crippen LogP contribution in [0, 0.1) is 0 Å². The lowest BCUT2D eigenvalue weighted by molar-refractivity contribution is 0.0922. The van der Waals surface area contributed by atoms with Crippen LogP contribution in [-0.2, 0) is 4.74 Å². The van der Waals surface area contributed by atoms with Gasteiger partial charge >= 0.3 is 6.09 Å². The Morgan fingerprint density at radius 2 is 2.35 bits per heavy atom.